The quantitative estimate of drug-likeness (QED) is 0.712. The van der Waals surface area contributed by atoms with Gasteiger partial charge in [-0.1, -0.05) is 12.1 Å². The molecule has 1 aliphatic rings. The van der Waals surface area contributed by atoms with Gasteiger partial charge in [0.05, 0.1) is 7.11 Å². The molecule has 0 spiro atoms. The lowest BCUT2D eigenvalue weighted by atomic mass is 9.87. The molecule has 0 unspecified atom stereocenters. The van der Waals surface area contributed by atoms with Crippen molar-refractivity contribution in [3.8, 4) is 5.75 Å². The minimum atomic E-state index is 0.167. The molecule has 0 heterocycles. The first-order valence-corrected chi connectivity index (χ1v) is 4.74. The van der Waals surface area contributed by atoms with Crippen LogP contribution in [-0.4, -0.2) is 7.11 Å². The zero-order valence-corrected chi connectivity index (χ0v) is 7.92. The summed E-state index contributed by atoms with van der Waals surface area (Å²) in [4.78, 5) is 0. The van der Waals surface area contributed by atoms with Gasteiger partial charge in [-0.3, -0.25) is 0 Å². The van der Waals surface area contributed by atoms with Gasteiger partial charge in [-0.2, -0.15) is 0 Å². The Morgan fingerprint density at radius 1 is 1.46 bits per heavy atom. The normalized spacial score (nSPS) is 20.9. The van der Waals surface area contributed by atoms with Crippen LogP contribution in [0.5, 0.6) is 5.75 Å². The molecule has 1 aliphatic carbocycles. The van der Waals surface area contributed by atoms with E-state index in [2.05, 4.69) is 6.07 Å². The molecule has 0 aliphatic heterocycles. The lowest BCUT2D eigenvalue weighted by Gasteiger charge is -2.24. The van der Waals surface area contributed by atoms with E-state index >= 15 is 0 Å². The van der Waals surface area contributed by atoms with E-state index < -0.39 is 0 Å². The lowest BCUT2D eigenvalue weighted by molar-refractivity contribution is 0.399. The third kappa shape index (κ3) is 1.42. The lowest BCUT2D eigenvalue weighted by Crippen LogP contribution is -2.18. The maximum absolute atomic E-state index is 6.04. The number of rotatable bonds is 1. The van der Waals surface area contributed by atoms with Crippen molar-refractivity contribution in [3.63, 3.8) is 0 Å². The topological polar surface area (TPSA) is 35.2 Å². The molecule has 2 N–H and O–H groups in total. The first-order chi connectivity index (χ1) is 6.33. The molecule has 2 heteroatoms. The Labute approximate surface area is 78.7 Å². The van der Waals surface area contributed by atoms with Crippen molar-refractivity contribution in [1.82, 2.24) is 0 Å². The molecule has 0 amide bonds. The van der Waals surface area contributed by atoms with E-state index in [0.29, 0.717) is 0 Å². The first-order valence-electron chi connectivity index (χ1n) is 4.74. The van der Waals surface area contributed by atoms with E-state index in [0.717, 1.165) is 18.6 Å². The van der Waals surface area contributed by atoms with E-state index in [1.807, 2.05) is 12.1 Å². The van der Waals surface area contributed by atoms with Crippen molar-refractivity contribution in [1.29, 1.82) is 0 Å². The highest BCUT2D eigenvalue weighted by atomic mass is 16.5. The second kappa shape index (κ2) is 3.38. The van der Waals surface area contributed by atoms with Crippen LogP contribution < -0.4 is 10.5 Å². The Kier molecular flexibility index (Phi) is 2.23. The van der Waals surface area contributed by atoms with Gasteiger partial charge in [0, 0.05) is 11.6 Å². The van der Waals surface area contributed by atoms with Gasteiger partial charge in [0.1, 0.15) is 5.75 Å². The van der Waals surface area contributed by atoms with Crippen LogP contribution in [0.4, 0.5) is 0 Å². The fourth-order valence-electron chi connectivity index (χ4n) is 2.06. The van der Waals surface area contributed by atoms with Gasteiger partial charge in [0.25, 0.3) is 0 Å². The van der Waals surface area contributed by atoms with Crippen molar-refractivity contribution < 1.29 is 4.74 Å². The van der Waals surface area contributed by atoms with Gasteiger partial charge < -0.3 is 10.5 Å². The van der Waals surface area contributed by atoms with Gasteiger partial charge in [-0.15, -0.1) is 0 Å². The minimum Gasteiger partial charge on any atom is -0.496 e. The molecule has 0 fully saturated rings. The Balaban J connectivity index is 2.50. The second-order valence-electron chi connectivity index (χ2n) is 3.53. The summed E-state index contributed by atoms with van der Waals surface area (Å²) in [5, 5.41) is 0. The van der Waals surface area contributed by atoms with E-state index in [9.17, 15) is 0 Å². The van der Waals surface area contributed by atoms with Crippen molar-refractivity contribution in [3.05, 3.63) is 29.3 Å². The molecule has 2 nitrogen and oxygen atoms in total. The highest BCUT2D eigenvalue weighted by Crippen LogP contribution is 2.34. The van der Waals surface area contributed by atoms with Gasteiger partial charge in [-0.25, -0.2) is 0 Å². The van der Waals surface area contributed by atoms with Crippen LogP contribution in [0.1, 0.15) is 30.0 Å². The zero-order valence-electron chi connectivity index (χ0n) is 7.92. The second-order valence-corrected chi connectivity index (χ2v) is 3.53. The molecule has 13 heavy (non-hydrogen) atoms. The third-order valence-corrected chi connectivity index (χ3v) is 2.71. The van der Waals surface area contributed by atoms with E-state index in [1.54, 1.807) is 7.11 Å². The number of hydrogen-bond acceptors (Lipinski definition) is 2. The Hall–Kier alpha value is -1.02. The van der Waals surface area contributed by atoms with Gasteiger partial charge in [0.2, 0.25) is 0 Å². The number of fused-ring (bicyclic) bond motifs is 1. The molecule has 1 atom stereocenters. The molecule has 2 rings (SSSR count). The monoisotopic (exact) mass is 177 g/mol. The van der Waals surface area contributed by atoms with Crippen LogP contribution in [0.2, 0.25) is 0 Å². The van der Waals surface area contributed by atoms with Crippen LogP contribution in [0.3, 0.4) is 0 Å². The molecule has 1 aromatic rings. The van der Waals surface area contributed by atoms with E-state index in [4.69, 9.17) is 10.5 Å². The van der Waals surface area contributed by atoms with Crippen molar-refractivity contribution in [2.24, 2.45) is 5.73 Å². The Morgan fingerprint density at radius 3 is 3.08 bits per heavy atom. The largest absolute Gasteiger partial charge is 0.496 e. The molecule has 0 saturated carbocycles. The maximum Gasteiger partial charge on any atom is 0.123 e. The summed E-state index contributed by atoms with van der Waals surface area (Å²) in [5.41, 5.74) is 8.62. The molecule has 1 aromatic carbocycles. The Morgan fingerprint density at radius 2 is 2.31 bits per heavy atom. The molecule has 0 bridgehead atoms. The molecule has 0 radical (unpaired) electrons. The van der Waals surface area contributed by atoms with Crippen LogP contribution in [0.15, 0.2) is 18.2 Å². The fourth-order valence-corrected chi connectivity index (χ4v) is 2.06. The van der Waals surface area contributed by atoms with Gasteiger partial charge in [-0.05, 0) is 30.9 Å². The summed E-state index contributed by atoms with van der Waals surface area (Å²) in [6.45, 7) is 0. The average Bonchev–Trinajstić information content (AvgIpc) is 2.17. The first kappa shape index (κ1) is 8.57. The number of hydrogen-bond donors (Lipinski definition) is 1. The average molecular weight is 177 g/mol. The smallest absolute Gasteiger partial charge is 0.123 e. The Bertz CT molecular complexity index is 295. The molecule has 0 aromatic heterocycles. The van der Waals surface area contributed by atoms with Crippen LogP contribution in [-0.2, 0) is 6.42 Å². The van der Waals surface area contributed by atoms with Gasteiger partial charge in [0.15, 0.2) is 0 Å². The summed E-state index contributed by atoms with van der Waals surface area (Å²) >= 11 is 0. The van der Waals surface area contributed by atoms with Crippen LogP contribution >= 0.6 is 0 Å². The van der Waals surface area contributed by atoms with Crippen molar-refractivity contribution in [2.75, 3.05) is 7.11 Å². The van der Waals surface area contributed by atoms with Crippen LogP contribution in [0.25, 0.3) is 0 Å². The van der Waals surface area contributed by atoms with Crippen molar-refractivity contribution in [2.45, 2.75) is 25.3 Å². The SMILES string of the molecule is COc1cccc2c1[C@H](N)CCC2. The number of methoxy groups -OCH3 is 1. The molecule has 0 saturated heterocycles. The van der Waals surface area contributed by atoms with Gasteiger partial charge >= 0.3 is 0 Å². The third-order valence-electron chi connectivity index (χ3n) is 2.71. The summed E-state index contributed by atoms with van der Waals surface area (Å²) in [6, 6.07) is 6.34. The number of nitrogens with two attached hydrogens (primary N) is 1. The molecule has 70 valence electrons. The fraction of sp³-hybridized carbons (Fsp3) is 0.455. The number of aryl methyl sites for hydroxylation is 1. The zero-order chi connectivity index (χ0) is 9.26. The van der Waals surface area contributed by atoms with E-state index in [-0.39, 0.29) is 6.04 Å². The molecular formula is C11H15NO. The van der Waals surface area contributed by atoms with E-state index in [1.165, 1.54) is 17.5 Å². The van der Waals surface area contributed by atoms with Crippen molar-refractivity contribution >= 4 is 0 Å². The predicted octanol–water partition coefficient (Wildman–Crippen LogP) is 2.03. The summed E-state index contributed by atoms with van der Waals surface area (Å²) in [5.74, 6) is 0.949. The summed E-state index contributed by atoms with van der Waals surface area (Å²) < 4.78 is 5.30. The highest BCUT2D eigenvalue weighted by molar-refractivity contribution is 5.43. The predicted molar refractivity (Wildman–Crippen MR) is 52.9 cm³/mol. The number of ether oxygens (including phenoxy) is 1. The highest BCUT2D eigenvalue weighted by Gasteiger charge is 2.19. The molecular weight excluding hydrogens is 162 g/mol. The number of benzene rings is 1. The minimum absolute atomic E-state index is 0.167. The standard InChI is InChI=1S/C11H15NO/c1-13-10-7-3-5-8-4-2-6-9(12)11(8)10/h3,5,7,9H,2,4,6,12H2,1H3/t9-/m1/s1. The summed E-state index contributed by atoms with van der Waals surface area (Å²) in [6.07, 6.45) is 3.41. The van der Waals surface area contributed by atoms with Crippen LogP contribution in [0, 0.1) is 0 Å². The summed E-state index contributed by atoms with van der Waals surface area (Å²) in [7, 11) is 1.71. The maximum atomic E-state index is 6.04.